The predicted octanol–water partition coefficient (Wildman–Crippen LogP) is 3.34. The summed E-state index contributed by atoms with van der Waals surface area (Å²) in [4.78, 5) is 0. The van der Waals surface area contributed by atoms with Crippen molar-refractivity contribution in [3.05, 3.63) is 54.6 Å². The van der Waals surface area contributed by atoms with Gasteiger partial charge in [-0.2, -0.15) is 0 Å². The van der Waals surface area contributed by atoms with Crippen LogP contribution >= 0.6 is 0 Å². The van der Waals surface area contributed by atoms with Crippen LogP contribution in [-0.4, -0.2) is 13.9 Å². The third kappa shape index (κ3) is 2.61. The Morgan fingerprint density at radius 3 is 2.38 bits per heavy atom. The Morgan fingerprint density at radius 2 is 1.62 bits per heavy atom. The molecule has 2 aromatic carbocycles. The molecule has 0 spiro atoms. The average molecular weight is 214 g/mol. The molecule has 16 heavy (non-hydrogen) atoms. The van der Waals surface area contributed by atoms with E-state index >= 15 is 0 Å². The first-order valence-electron chi connectivity index (χ1n) is 5.17. The fourth-order valence-corrected chi connectivity index (χ4v) is 1.52. The molecule has 0 unspecified atom stereocenters. The molecule has 0 saturated carbocycles. The molecule has 2 nitrogen and oxygen atoms in total. The Morgan fingerprint density at radius 1 is 0.875 bits per heavy atom. The summed E-state index contributed by atoms with van der Waals surface area (Å²) in [6.45, 7) is 0.276. The van der Waals surface area contributed by atoms with Gasteiger partial charge >= 0.3 is 0 Å². The van der Waals surface area contributed by atoms with Crippen LogP contribution in [-0.2, 0) is 4.74 Å². The topological polar surface area (TPSA) is 18.5 Å². The maximum atomic E-state index is 5.40. The van der Waals surface area contributed by atoms with Crippen molar-refractivity contribution >= 4 is 0 Å². The maximum Gasteiger partial charge on any atom is 0.188 e. The van der Waals surface area contributed by atoms with Crippen molar-refractivity contribution in [3.8, 4) is 16.9 Å². The third-order valence-electron chi connectivity index (χ3n) is 2.28. The number of methoxy groups -OCH3 is 1. The molecule has 2 rings (SSSR count). The molecule has 0 radical (unpaired) electrons. The van der Waals surface area contributed by atoms with Gasteiger partial charge in [0.05, 0.1) is 0 Å². The lowest BCUT2D eigenvalue weighted by Crippen LogP contribution is -1.98. The molecule has 0 saturated heterocycles. The first kappa shape index (κ1) is 10.7. The summed E-state index contributed by atoms with van der Waals surface area (Å²) in [5.74, 6) is 0.822. The number of ether oxygens (including phenoxy) is 2. The van der Waals surface area contributed by atoms with Gasteiger partial charge in [0, 0.05) is 7.11 Å². The smallest absolute Gasteiger partial charge is 0.188 e. The van der Waals surface area contributed by atoms with Crippen LogP contribution in [0, 0.1) is 0 Å². The maximum absolute atomic E-state index is 5.40. The van der Waals surface area contributed by atoms with Crippen molar-refractivity contribution in [1.29, 1.82) is 0 Å². The summed E-state index contributed by atoms with van der Waals surface area (Å²) in [6.07, 6.45) is 0. The minimum absolute atomic E-state index is 0.276. The molecule has 0 aliphatic rings. The van der Waals surface area contributed by atoms with Crippen LogP contribution in [0.3, 0.4) is 0 Å². The molecule has 2 heteroatoms. The molecule has 0 fully saturated rings. The molecule has 0 atom stereocenters. The van der Waals surface area contributed by atoms with Crippen LogP contribution in [0.1, 0.15) is 0 Å². The minimum atomic E-state index is 0.276. The highest BCUT2D eigenvalue weighted by molar-refractivity contribution is 5.64. The van der Waals surface area contributed by atoms with Gasteiger partial charge in [0.2, 0.25) is 0 Å². The van der Waals surface area contributed by atoms with Crippen molar-refractivity contribution < 1.29 is 9.47 Å². The number of hydrogen-bond acceptors (Lipinski definition) is 2. The molecule has 0 N–H and O–H groups in total. The predicted molar refractivity (Wildman–Crippen MR) is 64.4 cm³/mol. The van der Waals surface area contributed by atoms with Gasteiger partial charge in [-0.3, -0.25) is 0 Å². The fraction of sp³-hybridized carbons (Fsp3) is 0.143. The Hall–Kier alpha value is -1.80. The summed E-state index contributed by atoms with van der Waals surface area (Å²) in [5.41, 5.74) is 2.33. The van der Waals surface area contributed by atoms with E-state index in [1.54, 1.807) is 7.11 Å². The van der Waals surface area contributed by atoms with Gasteiger partial charge in [0.25, 0.3) is 0 Å². The molecular formula is C14H14O2. The molecule has 0 bridgehead atoms. The minimum Gasteiger partial charge on any atom is -0.468 e. The van der Waals surface area contributed by atoms with Crippen molar-refractivity contribution in [3.63, 3.8) is 0 Å². The Bertz CT molecular complexity index is 437. The lowest BCUT2D eigenvalue weighted by Gasteiger charge is -2.06. The molecule has 0 aliphatic carbocycles. The summed E-state index contributed by atoms with van der Waals surface area (Å²) in [7, 11) is 1.61. The summed E-state index contributed by atoms with van der Waals surface area (Å²) in [5, 5.41) is 0. The zero-order chi connectivity index (χ0) is 11.2. The number of rotatable bonds is 4. The van der Waals surface area contributed by atoms with Gasteiger partial charge < -0.3 is 9.47 Å². The largest absolute Gasteiger partial charge is 0.468 e. The number of hydrogen-bond donors (Lipinski definition) is 0. The van der Waals surface area contributed by atoms with E-state index in [-0.39, 0.29) is 6.79 Å². The van der Waals surface area contributed by atoms with E-state index in [2.05, 4.69) is 18.2 Å². The lowest BCUT2D eigenvalue weighted by molar-refractivity contribution is 0.0511. The van der Waals surface area contributed by atoms with E-state index in [4.69, 9.17) is 9.47 Å². The lowest BCUT2D eigenvalue weighted by atomic mass is 10.1. The summed E-state index contributed by atoms with van der Waals surface area (Å²) >= 11 is 0. The third-order valence-corrected chi connectivity index (χ3v) is 2.28. The van der Waals surface area contributed by atoms with Crippen LogP contribution in [0.15, 0.2) is 54.6 Å². The molecule has 0 heterocycles. The Labute approximate surface area is 95.4 Å². The zero-order valence-electron chi connectivity index (χ0n) is 9.22. The van der Waals surface area contributed by atoms with E-state index in [0.717, 1.165) is 11.3 Å². The van der Waals surface area contributed by atoms with Gasteiger partial charge in [-0.1, -0.05) is 42.5 Å². The zero-order valence-corrected chi connectivity index (χ0v) is 9.22. The van der Waals surface area contributed by atoms with E-state index < -0.39 is 0 Å². The molecule has 0 aliphatic heterocycles. The van der Waals surface area contributed by atoms with Crippen molar-refractivity contribution in [2.75, 3.05) is 13.9 Å². The van der Waals surface area contributed by atoms with Gasteiger partial charge in [-0.05, 0) is 23.3 Å². The summed E-state index contributed by atoms with van der Waals surface area (Å²) < 4.78 is 10.3. The van der Waals surface area contributed by atoms with Crippen LogP contribution in [0.5, 0.6) is 5.75 Å². The van der Waals surface area contributed by atoms with Gasteiger partial charge in [0.15, 0.2) is 6.79 Å². The van der Waals surface area contributed by atoms with Crippen LogP contribution < -0.4 is 4.74 Å². The first-order valence-corrected chi connectivity index (χ1v) is 5.17. The van der Waals surface area contributed by atoms with E-state index in [1.165, 1.54) is 5.56 Å². The van der Waals surface area contributed by atoms with Crippen LogP contribution in [0.25, 0.3) is 11.1 Å². The normalized spacial score (nSPS) is 10.1. The summed E-state index contributed by atoms with van der Waals surface area (Å²) in [6, 6.07) is 18.2. The molecular weight excluding hydrogens is 200 g/mol. The van der Waals surface area contributed by atoms with E-state index in [1.807, 2.05) is 36.4 Å². The van der Waals surface area contributed by atoms with Crippen molar-refractivity contribution in [1.82, 2.24) is 0 Å². The highest BCUT2D eigenvalue weighted by Gasteiger charge is 1.98. The van der Waals surface area contributed by atoms with Gasteiger partial charge in [-0.15, -0.1) is 0 Å². The van der Waals surface area contributed by atoms with E-state index in [0.29, 0.717) is 0 Å². The SMILES string of the molecule is COCOc1cccc(-c2ccccc2)c1. The molecule has 82 valence electrons. The number of benzene rings is 2. The second-order valence-corrected chi connectivity index (χ2v) is 3.44. The Kier molecular flexibility index (Phi) is 3.57. The highest BCUT2D eigenvalue weighted by atomic mass is 16.7. The second-order valence-electron chi connectivity index (χ2n) is 3.44. The fourth-order valence-electron chi connectivity index (χ4n) is 1.52. The monoisotopic (exact) mass is 214 g/mol. The van der Waals surface area contributed by atoms with Crippen molar-refractivity contribution in [2.45, 2.75) is 0 Å². The van der Waals surface area contributed by atoms with Crippen molar-refractivity contribution in [2.24, 2.45) is 0 Å². The van der Waals surface area contributed by atoms with Gasteiger partial charge in [0.1, 0.15) is 5.75 Å². The highest BCUT2D eigenvalue weighted by Crippen LogP contribution is 2.23. The van der Waals surface area contributed by atoms with Crippen LogP contribution in [0.4, 0.5) is 0 Å². The first-order chi connectivity index (χ1) is 7.90. The average Bonchev–Trinajstić information content (AvgIpc) is 2.38. The van der Waals surface area contributed by atoms with Crippen LogP contribution in [0.2, 0.25) is 0 Å². The second kappa shape index (κ2) is 5.33. The molecule has 0 amide bonds. The van der Waals surface area contributed by atoms with E-state index in [9.17, 15) is 0 Å². The molecule has 2 aromatic rings. The quantitative estimate of drug-likeness (QED) is 0.727. The Balaban J connectivity index is 2.22. The molecule has 0 aromatic heterocycles. The van der Waals surface area contributed by atoms with Gasteiger partial charge in [-0.25, -0.2) is 0 Å². The standard InChI is InChI=1S/C14H14O2/c1-15-11-16-14-9-5-8-13(10-14)12-6-3-2-4-7-12/h2-10H,11H2,1H3.